The van der Waals surface area contributed by atoms with Crippen molar-refractivity contribution < 1.29 is 14.3 Å². The van der Waals surface area contributed by atoms with E-state index in [4.69, 9.17) is 9.15 Å². The molecule has 0 fully saturated rings. The Labute approximate surface area is 131 Å². The van der Waals surface area contributed by atoms with Crippen molar-refractivity contribution in [3.05, 3.63) is 58.4 Å². The molecule has 0 aliphatic rings. The minimum absolute atomic E-state index is 0.106. The van der Waals surface area contributed by atoms with Crippen molar-refractivity contribution in [1.29, 1.82) is 0 Å². The van der Waals surface area contributed by atoms with Gasteiger partial charge < -0.3 is 14.3 Å². The maximum Gasteiger partial charge on any atom is 0.336 e. The summed E-state index contributed by atoms with van der Waals surface area (Å²) in [7, 11) is 1.53. The van der Waals surface area contributed by atoms with Crippen LogP contribution in [0.4, 0.5) is 11.4 Å². The number of phenolic OH excluding ortho intramolecular Hbond substituents is 1. The Kier molecular flexibility index (Phi) is 3.80. The molecular formula is C17H14N2O4. The first-order valence-electron chi connectivity index (χ1n) is 6.91. The quantitative estimate of drug-likeness (QED) is 0.579. The Morgan fingerprint density at radius 2 is 1.91 bits per heavy atom. The summed E-state index contributed by atoms with van der Waals surface area (Å²) in [5.74, 6) is 0.429. The van der Waals surface area contributed by atoms with Crippen LogP contribution in [0, 0.1) is 6.92 Å². The van der Waals surface area contributed by atoms with Gasteiger partial charge in [0.05, 0.1) is 7.11 Å². The topological polar surface area (TPSA) is 84.4 Å². The average molecular weight is 310 g/mol. The van der Waals surface area contributed by atoms with E-state index in [1.165, 1.54) is 19.2 Å². The molecule has 1 heterocycles. The second-order valence-corrected chi connectivity index (χ2v) is 4.93. The number of benzene rings is 2. The summed E-state index contributed by atoms with van der Waals surface area (Å²) in [4.78, 5) is 11.6. The van der Waals surface area contributed by atoms with Gasteiger partial charge in [-0.15, -0.1) is 10.2 Å². The lowest BCUT2D eigenvalue weighted by Gasteiger charge is -2.05. The third-order valence-corrected chi connectivity index (χ3v) is 3.41. The Morgan fingerprint density at radius 1 is 1.13 bits per heavy atom. The summed E-state index contributed by atoms with van der Waals surface area (Å²) in [6.07, 6.45) is 0. The van der Waals surface area contributed by atoms with E-state index in [1.54, 1.807) is 31.2 Å². The Bertz CT molecular complexity index is 960. The molecule has 0 spiro atoms. The third-order valence-electron chi connectivity index (χ3n) is 3.41. The summed E-state index contributed by atoms with van der Waals surface area (Å²) in [6, 6.07) is 11.6. The molecule has 0 aliphatic heterocycles. The Hall–Kier alpha value is -3.15. The van der Waals surface area contributed by atoms with Gasteiger partial charge in [-0.25, -0.2) is 4.79 Å². The van der Waals surface area contributed by atoms with Crippen LogP contribution in [0.5, 0.6) is 11.5 Å². The highest BCUT2D eigenvalue weighted by Crippen LogP contribution is 2.37. The van der Waals surface area contributed by atoms with Crippen LogP contribution in [0.1, 0.15) is 5.56 Å². The molecule has 0 bridgehead atoms. The summed E-state index contributed by atoms with van der Waals surface area (Å²) < 4.78 is 10.4. The Morgan fingerprint density at radius 3 is 2.70 bits per heavy atom. The predicted octanol–water partition coefficient (Wildman–Crippen LogP) is 4.23. The number of ether oxygens (including phenoxy) is 1. The number of methoxy groups -OCH3 is 1. The van der Waals surface area contributed by atoms with Gasteiger partial charge in [0.25, 0.3) is 0 Å². The molecule has 116 valence electrons. The summed E-state index contributed by atoms with van der Waals surface area (Å²) in [6.45, 7) is 1.79. The van der Waals surface area contributed by atoms with Gasteiger partial charge in [0, 0.05) is 11.5 Å². The molecule has 3 rings (SSSR count). The minimum atomic E-state index is -0.505. The number of aryl methyl sites for hydroxylation is 1. The largest absolute Gasteiger partial charge is 0.505 e. The van der Waals surface area contributed by atoms with Gasteiger partial charge in [-0.2, -0.15) is 0 Å². The molecule has 3 aromatic rings. The fourth-order valence-corrected chi connectivity index (χ4v) is 2.27. The lowest BCUT2D eigenvalue weighted by Crippen LogP contribution is -1.97. The van der Waals surface area contributed by atoms with Crippen LogP contribution in [0.3, 0.4) is 0 Å². The lowest BCUT2D eigenvalue weighted by atomic mass is 10.1. The molecule has 1 aromatic heterocycles. The van der Waals surface area contributed by atoms with E-state index >= 15 is 0 Å². The molecule has 0 radical (unpaired) electrons. The monoisotopic (exact) mass is 310 g/mol. The first-order chi connectivity index (χ1) is 11.1. The second-order valence-electron chi connectivity index (χ2n) is 4.93. The van der Waals surface area contributed by atoms with Crippen molar-refractivity contribution in [1.82, 2.24) is 0 Å². The number of phenols is 1. The van der Waals surface area contributed by atoms with Crippen LogP contribution in [0.25, 0.3) is 11.0 Å². The fourth-order valence-electron chi connectivity index (χ4n) is 2.27. The number of azo groups is 1. The standard InChI is InChI=1S/C17H14N2O4/c1-10-9-15(21)23-17-11(10)7-8-13(20)16(17)19-18-12-5-3-4-6-14(12)22-2/h3-9,20H,1-2H3/b19-18+. The number of nitrogens with zero attached hydrogens (tertiary/aromatic N) is 2. The van der Waals surface area contributed by atoms with E-state index in [2.05, 4.69) is 10.2 Å². The van der Waals surface area contributed by atoms with E-state index in [1.807, 2.05) is 6.07 Å². The molecule has 0 aliphatic carbocycles. The van der Waals surface area contributed by atoms with Crippen molar-refractivity contribution in [2.45, 2.75) is 6.92 Å². The summed E-state index contributed by atoms with van der Waals surface area (Å²) >= 11 is 0. The second kappa shape index (κ2) is 5.92. The van der Waals surface area contributed by atoms with Gasteiger partial charge in [0.15, 0.2) is 11.3 Å². The molecule has 0 saturated heterocycles. The first-order valence-corrected chi connectivity index (χ1v) is 6.91. The maximum atomic E-state index is 11.6. The van der Waals surface area contributed by atoms with Crippen LogP contribution < -0.4 is 10.4 Å². The van der Waals surface area contributed by atoms with Crippen LogP contribution in [0.2, 0.25) is 0 Å². The van der Waals surface area contributed by atoms with Gasteiger partial charge in [-0.05, 0) is 36.8 Å². The lowest BCUT2D eigenvalue weighted by molar-refractivity contribution is 0.416. The van der Waals surface area contributed by atoms with E-state index in [0.29, 0.717) is 16.8 Å². The number of aromatic hydroxyl groups is 1. The van der Waals surface area contributed by atoms with E-state index in [-0.39, 0.29) is 17.0 Å². The zero-order valence-corrected chi connectivity index (χ0v) is 12.6. The number of hydrogen-bond acceptors (Lipinski definition) is 6. The number of para-hydroxylation sites is 1. The van der Waals surface area contributed by atoms with E-state index in [0.717, 1.165) is 5.56 Å². The highest BCUT2D eigenvalue weighted by atomic mass is 16.5. The maximum absolute atomic E-state index is 11.6. The van der Waals surface area contributed by atoms with Gasteiger partial charge >= 0.3 is 5.63 Å². The molecule has 1 N–H and O–H groups in total. The van der Waals surface area contributed by atoms with Crippen molar-refractivity contribution >= 4 is 22.3 Å². The van der Waals surface area contributed by atoms with Crippen molar-refractivity contribution in [2.75, 3.05) is 7.11 Å². The van der Waals surface area contributed by atoms with E-state index < -0.39 is 5.63 Å². The Balaban J connectivity index is 2.18. The van der Waals surface area contributed by atoms with Crippen LogP contribution in [0.15, 0.2) is 61.9 Å². The van der Waals surface area contributed by atoms with Crippen molar-refractivity contribution in [2.24, 2.45) is 10.2 Å². The molecule has 23 heavy (non-hydrogen) atoms. The normalized spacial score (nSPS) is 11.2. The zero-order valence-electron chi connectivity index (χ0n) is 12.6. The number of rotatable bonds is 3. The van der Waals surface area contributed by atoms with E-state index in [9.17, 15) is 9.90 Å². The smallest absolute Gasteiger partial charge is 0.336 e. The van der Waals surface area contributed by atoms with Gasteiger partial charge in [-0.1, -0.05) is 12.1 Å². The minimum Gasteiger partial charge on any atom is -0.505 e. The molecule has 6 heteroatoms. The molecule has 6 nitrogen and oxygen atoms in total. The summed E-state index contributed by atoms with van der Waals surface area (Å²) in [5, 5.41) is 18.9. The first kappa shape index (κ1) is 14.8. The third kappa shape index (κ3) is 2.78. The zero-order chi connectivity index (χ0) is 16.4. The molecule has 0 saturated carbocycles. The van der Waals surface area contributed by atoms with Gasteiger partial charge in [-0.3, -0.25) is 0 Å². The predicted molar refractivity (Wildman–Crippen MR) is 86.1 cm³/mol. The fraction of sp³-hybridized carbons (Fsp3) is 0.118. The highest BCUT2D eigenvalue weighted by molar-refractivity contribution is 5.92. The molecule has 2 aromatic carbocycles. The van der Waals surface area contributed by atoms with Crippen LogP contribution in [-0.4, -0.2) is 12.2 Å². The molecular weight excluding hydrogens is 296 g/mol. The highest BCUT2D eigenvalue weighted by Gasteiger charge is 2.12. The van der Waals surface area contributed by atoms with Crippen LogP contribution in [-0.2, 0) is 0 Å². The summed E-state index contributed by atoms with van der Waals surface area (Å²) in [5.41, 5.74) is 1.04. The molecule has 0 amide bonds. The SMILES string of the molecule is COc1ccccc1/N=N/c1c(O)ccc2c(C)cc(=O)oc12. The van der Waals surface area contributed by atoms with Gasteiger partial charge in [0.1, 0.15) is 17.2 Å². The number of fused-ring (bicyclic) bond motifs is 1. The van der Waals surface area contributed by atoms with Gasteiger partial charge in [0.2, 0.25) is 0 Å². The van der Waals surface area contributed by atoms with Crippen molar-refractivity contribution in [3.63, 3.8) is 0 Å². The van der Waals surface area contributed by atoms with Crippen molar-refractivity contribution in [3.8, 4) is 11.5 Å². The average Bonchev–Trinajstić information content (AvgIpc) is 2.54. The number of hydrogen-bond donors (Lipinski definition) is 1. The van der Waals surface area contributed by atoms with Crippen LogP contribution >= 0.6 is 0 Å². The molecule has 0 atom stereocenters. The molecule has 0 unspecified atom stereocenters.